The van der Waals surface area contributed by atoms with Gasteiger partial charge in [-0.05, 0) is 37.6 Å². The van der Waals surface area contributed by atoms with Crippen LogP contribution in [0.15, 0.2) is 12.4 Å². The van der Waals surface area contributed by atoms with Crippen molar-refractivity contribution in [2.45, 2.75) is 38.0 Å². The molecule has 1 spiro atoms. The molecular weight excluding hydrogens is 508 g/mol. The molecule has 1 aromatic carbocycles. The maximum Gasteiger partial charge on any atom is 0.226 e. The molecule has 3 aromatic heterocycles. The van der Waals surface area contributed by atoms with E-state index < -0.39 is 5.82 Å². The fourth-order valence-corrected chi connectivity index (χ4v) is 7.67. The molecule has 1 unspecified atom stereocenters. The SMILES string of the molecule is CN1CCCCC12CN(c1ncc3c4c(c(-c5ncc(F)c6sc(N)c(C#N)c56)c(P)c3n1)COC4)C2. The summed E-state index contributed by atoms with van der Waals surface area (Å²) < 4.78 is 20.9. The van der Waals surface area contributed by atoms with Gasteiger partial charge in [-0.3, -0.25) is 9.88 Å². The number of fused-ring (bicyclic) bond motifs is 4. The highest BCUT2D eigenvalue weighted by atomic mass is 32.1. The predicted molar refractivity (Wildman–Crippen MR) is 146 cm³/mol. The number of nitrogens with two attached hydrogens (primary N) is 1. The Bertz CT molecular complexity index is 1660. The number of thiophene rings is 1. The van der Waals surface area contributed by atoms with Gasteiger partial charge in [-0.2, -0.15) is 5.26 Å². The molecule has 0 saturated carbocycles. The summed E-state index contributed by atoms with van der Waals surface area (Å²) in [6.45, 7) is 3.80. The topological polar surface area (TPSA) is 104 Å². The third-order valence-corrected chi connectivity index (χ3v) is 9.87. The van der Waals surface area contributed by atoms with Crippen LogP contribution in [-0.2, 0) is 18.0 Å². The number of aromatic nitrogens is 3. The largest absolute Gasteiger partial charge is 0.389 e. The summed E-state index contributed by atoms with van der Waals surface area (Å²) in [5, 5.41) is 12.3. The first-order valence-corrected chi connectivity index (χ1v) is 13.7. The first-order chi connectivity index (χ1) is 17.9. The molecule has 8 nitrogen and oxygen atoms in total. The summed E-state index contributed by atoms with van der Waals surface area (Å²) in [6.07, 6.45) is 6.82. The fraction of sp³-hybridized carbons (Fsp3) is 0.385. The second-order valence-electron chi connectivity index (χ2n) is 10.2. The number of pyridine rings is 1. The number of likely N-dealkylation sites (tertiary alicyclic amines) is 1. The number of nitrogens with zero attached hydrogens (tertiary/aromatic N) is 6. The Hall–Kier alpha value is -2.96. The van der Waals surface area contributed by atoms with Gasteiger partial charge in [0.15, 0.2) is 5.82 Å². The van der Waals surface area contributed by atoms with Gasteiger partial charge in [0.2, 0.25) is 5.95 Å². The first-order valence-electron chi connectivity index (χ1n) is 12.3. The summed E-state index contributed by atoms with van der Waals surface area (Å²) in [5.74, 6) is 0.222. The van der Waals surface area contributed by atoms with Crippen molar-refractivity contribution in [3.8, 4) is 17.3 Å². The fourth-order valence-electron chi connectivity index (χ4n) is 6.22. The molecule has 11 heteroatoms. The van der Waals surface area contributed by atoms with Crippen LogP contribution in [0.4, 0.5) is 15.3 Å². The minimum atomic E-state index is -0.486. The Labute approximate surface area is 219 Å². The summed E-state index contributed by atoms with van der Waals surface area (Å²) in [6, 6.07) is 2.16. The number of nitriles is 1. The molecule has 0 radical (unpaired) electrons. The number of nitrogen functional groups attached to an aromatic ring is 1. The van der Waals surface area contributed by atoms with E-state index in [9.17, 15) is 9.65 Å². The molecule has 4 aromatic rings. The second kappa shape index (κ2) is 8.27. The van der Waals surface area contributed by atoms with Crippen LogP contribution >= 0.6 is 20.6 Å². The van der Waals surface area contributed by atoms with Crippen LogP contribution in [0.25, 0.3) is 32.2 Å². The summed E-state index contributed by atoms with van der Waals surface area (Å²) in [5.41, 5.74) is 10.7. The lowest BCUT2D eigenvalue weighted by atomic mass is 9.80. The average Bonchev–Trinajstić information content (AvgIpc) is 3.49. The van der Waals surface area contributed by atoms with Crippen molar-refractivity contribution >= 4 is 57.8 Å². The van der Waals surface area contributed by atoms with Gasteiger partial charge in [0.1, 0.15) is 11.1 Å². The summed E-state index contributed by atoms with van der Waals surface area (Å²) in [7, 11) is 5.03. The van der Waals surface area contributed by atoms with Crippen LogP contribution in [0, 0.1) is 17.1 Å². The smallest absolute Gasteiger partial charge is 0.226 e. The number of hydrogen-bond acceptors (Lipinski definition) is 9. The summed E-state index contributed by atoms with van der Waals surface area (Å²) >= 11 is 1.08. The molecule has 6 heterocycles. The number of ether oxygens (including phenoxy) is 1. The van der Waals surface area contributed by atoms with E-state index in [0.29, 0.717) is 34.9 Å². The maximum absolute atomic E-state index is 14.7. The van der Waals surface area contributed by atoms with Crippen LogP contribution < -0.4 is 15.9 Å². The Kier molecular flexibility index (Phi) is 5.18. The Morgan fingerprint density at radius 1 is 1.22 bits per heavy atom. The van der Waals surface area contributed by atoms with Gasteiger partial charge in [0.25, 0.3) is 0 Å². The van der Waals surface area contributed by atoms with Crippen LogP contribution in [0.1, 0.15) is 36.0 Å². The standard InChI is InChI=1S/C26H25FN7OPS/c1-33-5-3-2-4-26(33)11-34(12-26)25-31-7-14-15-9-35-10-16(15)18(22(36)20(14)32-25)21-19-13(6-28)24(29)37-23(19)17(27)8-30-21/h7-8H,2-5,9-12,29,36H2,1H3. The Morgan fingerprint density at radius 2 is 2.03 bits per heavy atom. The lowest BCUT2D eigenvalue weighted by Crippen LogP contribution is -2.71. The van der Waals surface area contributed by atoms with Gasteiger partial charge >= 0.3 is 0 Å². The highest BCUT2D eigenvalue weighted by Gasteiger charge is 2.48. The molecular formula is C26H25FN7OPS. The molecule has 188 valence electrons. The minimum absolute atomic E-state index is 0.216. The van der Waals surface area contributed by atoms with E-state index in [1.807, 2.05) is 6.20 Å². The van der Waals surface area contributed by atoms with Crippen LogP contribution in [0.3, 0.4) is 0 Å². The molecule has 0 bridgehead atoms. The zero-order chi connectivity index (χ0) is 25.5. The van der Waals surface area contributed by atoms with Crippen molar-refractivity contribution in [3.63, 3.8) is 0 Å². The monoisotopic (exact) mass is 533 g/mol. The van der Waals surface area contributed by atoms with Gasteiger partial charge < -0.3 is 15.4 Å². The molecule has 0 amide bonds. The molecule has 2 fully saturated rings. The minimum Gasteiger partial charge on any atom is -0.389 e. The average molecular weight is 534 g/mol. The van der Waals surface area contributed by atoms with E-state index in [1.165, 1.54) is 25.5 Å². The zero-order valence-electron chi connectivity index (χ0n) is 20.3. The van der Waals surface area contributed by atoms with Gasteiger partial charge in [0, 0.05) is 40.9 Å². The third-order valence-electron chi connectivity index (χ3n) is 8.28. The maximum atomic E-state index is 14.7. The molecule has 3 aliphatic heterocycles. The molecule has 3 aliphatic rings. The van der Waals surface area contributed by atoms with Gasteiger partial charge in [0.05, 0.1) is 46.4 Å². The highest BCUT2D eigenvalue weighted by Crippen LogP contribution is 2.44. The quantitative estimate of drug-likeness (QED) is 0.389. The van der Waals surface area contributed by atoms with Crippen molar-refractivity contribution < 1.29 is 9.13 Å². The van der Waals surface area contributed by atoms with E-state index in [4.69, 9.17) is 20.4 Å². The Morgan fingerprint density at radius 3 is 2.81 bits per heavy atom. The zero-order valence-corrected chi connectivity index (χ0v) is 22.3. The number of likely N-dealkylation sites (N-methyl/N-ethyl adjacent to an activating group) is 1. The molecule has 37 heavy (non-hydrogen) atoms. The van der Waals surface area contributed by atoms with Crippen LogP contribution in [0.2, 0.25) is 0 Å². The van der Waals surface area contributed by atoms with Gasteiger partial charge in [-0.1, -0.05) is 6.42 Å². The van der Waals surface area contributed by atoms with E-state index >= 15 is 0 Å². The molecule has 7 rings (SSSR count). The number of piperidine rings is 1. The van der Waals surface area contributed by atoms with Crippen molar-refractivity contribution in [2.24, 2.45) is 0 Å². The van der Waals surface area contributed by atoms with Crippen molar-refractivity contribution in [1.29, 1.82) is 5.26 Å². The van der Waals surface area contributed by atoms with Crippen molar-refractivity contribution in [1.82, 2.24) is 19.9 Å². The van der Waals surface area contributed by atoms with E-state index in [0.717, 1.165) is 63.9 Å². The van der Waals surface area contributed by atoms with Crippen LogP contribution in [0.5, 0.6) is 0 Å². The number of anilines is 2. The molecule has 2 saturated heterocycles. The second-order valence-corrected chi connectivity index (χ2v) is 11.9. The highest BCUT2D eigenvalue weighted by molar-refractivity contribution is 7.29. The number of halogens is 1. The molecule has 0 aliphatic carbocycles. The molecule has 2 N–H and O–H groups in total. The van der Waals surface area contributed by atoms with E-state index in [-0.39, 0.29) is 16.1 Å². The van der Waals surface area contributed by atoms with Crippen LogP contribution in [-0.4, -0.2) is 52.1 Å². The predicted octanol–water partition coefficient (Wildman–Crippen LogP) is 3.70. The number of rotatable bonds is 2. The number of benzene rings is 1. The third kappa shape index (κ3) is 3.25. The number of hydrogen-bond donors (Lipinski definition) is 1. The lowest BCUT2D eigenvalue weighted by molar-refractivity contribution is 0.0449. The van der Waals surface area contributed by atoms with Gasteiger partial charge in [-0.15, -0.1) is 20.6 Å². The van der Waals surface area contributed by atoms with Crippen molar-refractivity contribution in [2.75, 3.05) is 37.3 Å². The normalized spacial score (nSPS) is 18.9. The summed E-state index contributed by atoms with van der Waals surface area (Å²) in [4.78, 5) is 19.0. The van der Waals surface area contributed by atoms with Gasteiger partial charge in [-0.25, -0.2) is 14.4 Å². The Balaban J connectivity index is 1.40. The van der Waals surface area contributed by atoms with E-state index in [2.05, 4.69) is 37.1 Å². The van der Waals surface area contributed by atoms with Crippen molar-refractivity contribution in [3.05, 3.63) is 34.9 Å². The first kappa shape index (κ1) is 23.2. The van der Waals surface area contributed by atoms with E-state index in [1.54, 1.807) is 0 Å². The lowest BCUT2D eigenvalue weighted by Gasteiger charge is -2.57. The molecule has 1 atom stereocenters.